The van der Waals surface area contributed by atoms with Crippen LogP contribution in [0.5, 0.6) is 11.5 Å². The Hall–Kier alpha value is -4.67. The number of carboxylic acids is 1. The van der Waals surface area contributed by atoms with Gasteiger partial charge in [0.2, 0.25) is 18.0 Å². The molecule has 0 bridgehead atoms. The van der Waals surface area contributed by atoms with Gasteiger partial charge >= 0.3 is 47.4 Å². The third kappa shape index (κ3) is 7.85. The van der Waals surface area contributed by atoms with Crippen LogP contribution < -0.4 is 50.6 Å². The molecular weight excluding hydrogens is 764 g/mol. The molecule has 2 aromatic carbocycles. The van der Waals surface area contributed by atoms with Crippen LogP contribution in [-0.4, -0.2) is 113 Å². The van der Waals surface area contributed by atoms with Crippen molar-refractivity contribution in [3.8, 4) is 11.5 Å². The average molecular weight is 791 g/mol. The Morgan fingerprint density at radius 3 is 2.49 bits per heavy atom. The maximum Gasteiger partial charge on any atom is 1.00 e. The first kappa shape index (κ1) is 39.5. The molecule has 2 fully saturated rings. The van der Waals surface area contributed by atoms with Crippen molar-refractivity contribution in [1.29, 1.82) is 0 Å². The van der Waals surface area contributed by atoms with Gasteiger partial charge in [-0.1, -0.05) is 59.5 Å². The number of thioether (sulfide) groups is 2. The van der Waals surface area contributed by atoms with Crippen LogP contribution in [-0.2, 0) is 35.3 Å². The fourth-order valence-electron chi connectivity index (χ4n) is 5.79. The van der Waals surface area contributed by atoms with Crippen molar-refractivity contribution in [2.24, 2.45) is 0 Å². The van der Waals surface area contributed by atoms with Gasteiger partial charge in [-0.25, -0.2) is 4.79 Å². The molecule has 7 amide bonds. The minimum absolute atomic E-state index is 0. The molecular formula is C31H27N8NaO10S3. The maximum absolute atomic E-state index is 14.0. The second-order valence-electron chi connectivity index (χ2n) is 11.4. The molecule has 1 aromatic heterocycles. The van der Waals surface area contributed by atoms with E-state index in [4.69, 9.17) is 0 Å². The number of urea groups is 1. The molecule has 0 aliphatic carbocycles. The summed E-state index contributed by atoms with van der Waals surface area (Å²) in [5.41, 5.74) is -0.0266. The first-order valence-corrected chi connectivity index (χ1v) is 18.1. The van der Waals surface area contributed by atoms with Crippen LogP contribution in [0, 0.1) is 0 Å². The maximum atomic E-state index is 14.0. The number of piperazine rings is 1. The number of carbonyl (C=O) groups excluding carboxylic acids is 7. The number of aromatic nitrogens is 2. The zero-order chi connectivity index (χ0) is 37.2. The number of hydrogen-bond acceptors (Lipinski definition) is 15. The molecule has 3 aliphatic rings. The van der Waals surface area contributed by atoms with Crippen molar-refractivity contribution in [3.63, 3.8) is 0 Å². The van der Waals surface area contributed by atoms with E-state index in [1.807, 2.05) is 0 Å². The van der Waals surface area contributed by atoms with E-state index in [0.29, 0.717) is 20.4 Å². The minimum Gasteiger partial charge on any atom is -0.543 e. The Morgan fingerprint density at radius 2 is 1.83 bits per heavy atom. The first-order valence-electron chi connectivity index (χ1n) is 15.2. The Morgan fingerprint density at radius 1 is 1.08 bits per heavy atom. The second-order valence-corrected chi connectivity index (χ2v) is 14.6. The molecule has 0 radical (unpaired) electrons. The van der Waals surface area contributed by atoms with Gasteiger partial charge < -0.3 is 41.0 Å². The number of imide groups is 1. The SMILES string of the molecule is O=CN[C@@]1(NC(=O)C(NC(=O)N2CCN(Cc3ccc(O)c(O)c3)C(=O)C2=O)c2ccccc2)C(=O)N2C(C(=O)[O-])=C(CSc3nncs3)CS[C@H]21.[Na+]. The van der Waals surface area contributed by atoms with E-state index in [9.17, 15) is 48.9 Å². The van der Waals surface area contributed by atoms with Gasteiger partial charge in [-0.05, 0) is 28.8 Å². The average Bonchev–Trinajstić information content (AvgIpc) is 3.66. The molecule has 1 unspecified atom stereocenters. The van der Waals surface area contributed by atoms with Crippen molar-refractivity contribution >= 4 is 76.9 Å². The molecule has 6 rings (SSSR count). The first-order chi connectivity index (χ1) is 24.9. The number of nitrogens with one attached hydrogen (secondary N) is 3. The van der Waals surface area contributed by atoms with Gasteiger partial charge in [-0.3, -0.25) is 33.8 Å². The molecule has 270 valence electrons. The molecule has 4 heterocycles. The molecule has 22 heteroatoms. The van der Waals surface area contributed by atoms with Gasteiger partial charge in [0.25, 0.3) is 5.91 Å². The fraction of sp³-hybridized carbons (Fsp3) is 0.258. The molecule has 3 atom stereocenters. The summed E-state index contributed by atoms with van der Waals surface area (Å²) >= 11 is 3.55. The number of phenols is 2. The van der Waals surface area contributed by atoms with Crippen molar-refractivity contribution in [2.75, 3.05) is 24.6 Å². The number of β-lactam (4-membered cyclic amide) rings is 1. The zero-order valence-corrected chi connectivity index (χ0v) is 32.0. The zero-order valence-electron chi connectivity index (χ0n) is 27.6. The molecule has 2 saturated heterocycles. The van der Waals surface area contributed by atoms with E-state index in [1.165, 1.54) is 58.9 Å². The Balaban J connectivity index is 0.00000541. The number of rotatable bonds is 12. The van der Waals surface area contributed by atoms with Crippen LogP contribution in [0.2, 0.25) is 0 Å². The molecule has 3 aliphatic heterocycles. The summed E-state index contributed by atoms with van der Waals surface area (Å²) in [5.74, 6) is -6.35. The normalized spacial score (nSPS) is 20.1. The van der Waals surface area contributed by atoms with E-state index in [-0.39, 0.29) is 78.4 Å². The molecule has 18 nitrogen and oxygen atoms in total. The van der Waals surface area contributed by atoms with Gasteiger partial charge in [-0.15, -0.1) is 22.0 Å². The molecule has 5 N–H and O–H groups in total. The number of aliphatic carboxylic acids is 1. The Bertz CT molecular complexity index is 1990. The van der Waals surface area contributed by atoms with Crippen LogP contribution in [0.4, 0.5) is 4.79 Å². The number of hydrogen-bond donors (Lipinski definition) is 5. The smallest absolute Gasteiger partial charge is 0.543 e. The fourth-order valence-corrected chi connectivity index (χ4v) is 8.84. The van der Waals surface area contributed by atoms with E-state index in [0.717, 1.165) is 21.6 Å². The number of carbonyl (C=O) groups is 7. The van der Waals surface area contributed by atoms with Crippen molar-refractivity contribution in [3.05, 3.63) is 76.4 Å². The van der Waals surface area contributed by atoms with Crippen LogP contribution in [0.1, 0.15) is 17.2 Å². The van der Waals surface area contributed by atoms with Crippen LogP contribution in [0.15, 0.2) is 69.7 Å². The van der Waals surface area contributed by atoms with Gasteiger partial charge in [0.05, 0.1) is 11.7 Å². The van der Waals surface area contributed by atoms with E-state index in [2.05, 4.69) is 26.1 Å². The number of aromatic hydroxyl groups is 2. The topological polar surface area (TPSA) is 255 Å². The van der Waals surface area contributed by atoms with E-state index in [1.54, 1.807) is 18.2 Å². The second kappa shape index (κ2) is 16.6. The monoisotopic (exact) mass is 790 g/mol. The Labute approximate surface area is 334 Å². The molecule has 3 aromatic rings. The minimum atomic E-state index is -2.13. The van der Waals surface area contributed by atoms with Crippen LogP contribution in [0.25, 0.3) is 0 Å². The largest absolute Gasteiger partial charge is 1.00 e. The number of phenolic OH excluding ortho intramolecular Hbond substituents is 2. The van der Waals surface area contributed by atoms with Gasteiger partial charge in [0.1, 0.15) is 16.9 Å². The summed E-state index contributed by atoms with van der Waals surface area (Å²) in [6.07, 6.45) is 0.179. The molecule has 0 spiro atoms. The summed E-state index contributed by atoms with van der Waals surface area (Å²) in [6.45, 7) is -0.450. The van der Waals surface area contributed by atoms with Crippen LogP contribution >= 0.6 is 34.9 Å². The number of benzene rings is 2. The number of fused-ring (bicyclic) bond motifs is 1. The summed E-state index contributed by atoms with van der Waals surface area (Å²) in [6, 6.07) is 9.01. The standard InChI is InChI=1S/C31H28N8O10S3.Na/c40-14-32-31(27(48)39-22(26(46)47)18(12-50-28(31)39)13-51-30-36-33-15-52-30)35-23(43)21(17-4-2-1-3-5-17)34-29(49)38-9-8-37(24(44)25(38)45)11-16-6-7-19(41)20(42)10-16;/h1-7,10,14-15,21,28,41-42H,8-9,11-13H2,(H,32,40)(H,34,49)(H,35,43)(H,46,47);/q;+1/p-1/t21?,28-,31+;/m0./s1. The number of amides is 7. The predicted molar refractivity (Wildman–Crippen MR) is 180 cm³/mol. The molecule has 53 heavy (non-hydrogen) atoms. The third-order valence-corrected chi connectivity index (χ3v) is 11.6. The van der Waals surface area contributed by atoms with E-state index < -0.39 is 64.2 Å². The summed E-state index contributed by atoms with van der Waals surface area (Å²) in [4.78, 5) is 94.1. The summed E-state index contributed by atoms with van der Waals surface area (Å²) in [5, 5.41) is 45.4. The van der Waals surface area contributed by atoms with E-state index >= 15 is 0 Å². The van der Waals surface area contributed by atoms with Crippen molar-refractivity contribution in [1.82, 2.24) is 40.8 Å². The van der Waals surface area contributed by atoms with Crippen molar-refractivity contribution < 1.29 is 78.4 Å². The van der Waals surface area contributed by atoms with Gasteiger partial charge in [0, 0.05) is 31.1 Å². The Kier molecular flexibility index (Phi) is 12.4. The summed E-state index contributed by atoms with van der Waals surface area (Å²) in [7, 11) is 0. The summed E-state index contributed by atoms with van der Waals surface area (Å²) < 4.78 is 0.577. The quantitative estimate of drug-likeness (QED) is 0.0222. The predicted octanol–water partition coefficient (Wildman–Crippen LogP) is -4.16. The van der Waals surface area contributed by atoms with Crippen LogP contribution in [0.3, 0.4) is 0 Å². The van der Waals surface area contributed by atoms with Gasteiger partial charge in [-0.2, -0.15) is 0 Å². The third-order valence-electron chi connectivity index (χ3n) is 8.29. The molecule has 0 saturated carbocycles. The van der Waals surface area contributed by atoms with Gasteiger partial charge in [0.15, 0.2) is 15.8 Å². The number of nitrogens with zero attached hydrogens (tertiary/aromatic N) is 5. The van der Waals surface area contributed by atoms with Crippen molar-refractivity contribution in [2.45, 2.75) is 28.0 Å². The number of carboxylic acid groups (broad SMARTS) is 1.